The maximum atomic E-state index is 11.6. The van der Waals surface area contributed by atoms with E-state index in [-0.39, 0.29) is 12.6 Å². The largest absolute Gasteiger partial charge is 0.497 e. The average molecular weight is 434 g/mol. The van der Waals surface area contributed by atoms with Gasteiger partial charge in [0.15, 0.2) is 0 Å². The van der Waals surface area contributed by atoms with Crippen molar-refractivity contribution < 1.29 is 29.0 Å². The molecule has 2 atom stereocenters. The molecule has 0 amide bonds. The Morgan fingerprint density at radius 3 is 2.81 bits per heavy atom. The van der Waals surface area contributed by atoms with Gasteiger partial charge in [0.2, 0.25) is 0 Å². The zero-order chi connectivity index (χ0) is 22.5. The Labute approximate surface area is 185 Å². The minimum absolute atomic E-state index is 0.0391. The van der Waals surface area contributed by atoms with Gasteiger partial charge in [-0.2, -0.15) is 0 Å². The highest BCUT2D eigenvalue weighted by atomic mass is 16.5. The predicted octanol–water partition coefficient (Wildman–Crippen LogP) is 1.67. The summed E-state index contributed by atoms with van der Waals surface area (Å²) in [7, 11) is 3.37. The highest BCUT2D eigenvalue weighted by Gasteiger charge is 2.19. The van der Waals surface area contributed by atoms with Crippen molar-refractivity contribution in [2.75, 3.05) is 40.5 Å². The first-order chi connectivity index (χ1) is 15.0. The van der Waals surface area contributed by atoms with E-state index < -0.39 is 6.10 Å². The highest BCUT2D eigenvalue weighted by molar-refractivity contribution is 5.69. The summed E-state index contributed by atoms with van der Waals surface area (Å²) < 4.78 is 17.9. The average Bonchev–Trinajstić information content (AvgIpc) is 3.19. The first-order valence-corrected chi connectivity index (χ1v) is 11.0. The maximum absolute atomic E-state index is 11.6. The fourth-order valence-electron chi connectivity index (χ4n) is 3.57. The van der Waals surface area contributed by atoms with Crippen LogP contribution in [0.5, 0.6) is 5.75 Å². The number of carbonyl (C=O) groups is 1. The van der Waals surface area contributed by atoms with Crippen molar-refractivity contribution in [2.24, 2.45) is 0 Å². The standard InChI is InChI=1S/C24H36N2O5/c1-4-8-24(28)31-19-22(27)18-25(12-7-14-29-2)17-21-10-6-13-26(21)16-20-9-5-11-23(15-20)30-3/h5-6,9-11,13,15,22,27H,4,7-8,12,14,16-19H2,1-3H3/p+1/t22-/m1/s1. The molecule has 1 unspecified atom stereocenters. The monoisotopic (exact) mass is 433 g/mol. The van der Waals surface area contributed by atoms with Crippen molar-refractivity contribution in [3.8, 4) is 5.75 Å². The molecular formula is C24H37N2O5+. The fraction of sp³-hybridized carbons (Fsp3) is 0.542. The minimum Gasteiger partial charge on any atom is -0.497 e. The molecule has 2 rings (SSSR count). The van der Waals surface area contributed by atoms with Gasteiger partial charge in [-0.25, -0.2) is 0 Å². The van der Waals surface area contributed by atoms with Gasteiger partial charge in [-0.05, 0) is 36.2 Å². The Hall–Kier alpha value is -2.35. The van der Waals surface area contributed by atoms with Crippen LogP contribution in [0.4, 0.5) is 0 Å². The molecule has 0 saturated carbocycles. The normalized spacial score (nSPS) is 13.0. The number of esters is 1. The third-order valence-corrected chi connectivity index (χ3v) is 5.14. The van der Waals surface area contributed by atoms with E-state index in [2.05, 4.69) is 22.9 Å². The second kappa shape index (κ2) is 13.9. The summed E-state index contributed by atoms with van der Waals surface area (Å²) in [5.74, 6) is 0.591. The molecule has 0 aliphatic carbocycles. The smallest absolute Gasteiger partial charge is 0.305 e. The molecule has 172 valence electrons. The maximum Gasteiger partial charge on any atom is 0.305 e. The zero-order valence-corrected chi connectivity index (χ0v) is 19.0. The molecule has 2 N–H and O–H groups in total. The summed E-state index contributed by atoms with van der Waals surface area (Å²) in [5, 5.41) is 10.4. The minimum atomic E-state index is -0.694. The van der Waals surface area contributed by atoms with Gasteiger partial charge in [-0.15, -0.1) is 0 Å². The molecule has 2 aromatic rings. The quantitative estimate of drug-likeness (QED) is 0.330. The number of benzene rings is 1. The molecule has 0 spiro atoms. The van der Waals surface area contributed by atoms with Gasteiger partial charge in [0.25, 0.3) is 0 Å². The molecule has 0 saturated heterocycles. The number of nitrogens with one attached hydrogen (secondary N) is 1. The Balaban J connectivity index is 2.00. The van der Waals surface area contributed by atoms with Gasteiger partial charge in [0, 0.05) is 32.7 Å². The number of methoxy groups -OCH3 is 2. The molecule has 0 aliphatic heterocycles. The number of aliphatic hydroxyl groups is 1. The second-order valence-corrected chi connectivity index (χ2v) is 7.79. The number of quaternary nitrogens is 1. The number of aromatic nitrogens is 1. The first-order valence-electron chi connectivity index (χ1n) is 11.0. The van der Waals surface area contributed by atoms with Crippen molar-refractivity contribution in [3.05, 3.63) is 53.9 Å². The predicted molar refractivity (Wildman–Crippen MR) is 119 cm³/mol. The van der Waals surface area contributed by atoms with Crippen molar-refractivity contribution in [1.82, 2.24) is 4.57 Å². The molecule has 1 aromatic heterocycles. The van der Waals surface area contributed by atoms with Gasteiger partial charge < -0.3 is 28.8 Å². The number of ether oxygens (including phenoxy) is 3. The van der Waals surface area contributed by atoms with E-state index in [9.17, 15) is 9.90 Å². The Morgan fingerprint density at radius 2 is 2.06 bits per heavy atom. The van der Waals surface area contributed by atoms with Gasteiger partial charge in [0.1, 0.15) is 31.5 Å². The SMILES string of the molecule is CCCC(=O)OC[C@H](O)C[NH+](CCCOC)Cc1cccn1Cc1cccc(OC)c1. The number of hydrogen-bond acceptors (Lipinski definition) is 5. The molecular weight excluding hydrogens is 396 g/mol. The number of carbonyl (C=O) groups excluding carboxylic acids is 1. The second-order valence-electron chi connectivity index (χ2n) is 7.79. The molecule has 0 radical (unpaired) electrons. The molecule has 31 heavy (non-hydrogen) atoms. The van der Waals surface area contributed by atoms with E-state index >= 15 is 0 Å². The highest BCUT2D eigenvalue weighted by Crippen LogP contribution is 2.14. The van der Waals surface area contributed by atoms with E-state index in [0.717, 1.165) is 38.2 Å². The van der Waals surface area contributed by atoms with Crippen molar-refractivity contribution in [3.63, 3.8) is 0 Å². The first kappa shape index (κ1) is 24.9. The Morgan fingerprint density at radius 1 is 1.23 bits per heavy atom. The van der Waals surface area contributed by atoms with Gasteiger partial charge in [-0.3, -0.25) is 4.79 Å². The summed E-state index contributed by atoms with van der Waals surface area (Å²) in [6.45, 7) is 5.53. The van der Waals surface area contributed by atoms with Crippen LogP contribution >= 0.6 is 0 Å². The Bertz CT molecular complexity index is 777. The van der Waals surface area contributed by atoms with Crippen LogP contribution in [0.1, 0.15) is 37.4 Å². The Kier molecular flexibility index (Phi) is 11.1. The lowest BCUT2D eigenvalue weighted by atomic mass is 10.2. The molecule has 0 aliphatic rings. The van der Waals surface area contributed by atoms with Crippen molar-refractivity contribution >= 4 is 5.97 Å². The summed E-state index contributed by atoms with van der Waals surface area (Å²) in [6.07, 6.45) is 3.40. The van der Waals surface area contributed by atoms with Crippen LogP contribution in [0.3, 0.4) is 0 Å². The van der Waals surface area contributed by atoms with Gasteiger partial charge >= 0.3 is 5.97 Å². The fourth-order valence-corrected chi connectivity index (χ4v) is 3.57. The number of nitrogens with zero attached hydrogens (tertiary/aromatic N) is 1. The van der Waals surface area contributed by atoms with Crippen LogP contribution in [0.25, 0.3) is 0 Å². The number of rotatable bonds is 15. The molecule has 7 nitrogen and oxygen atoms in total. The van der Waals surface area contributed by atoms with Crippen LogP contribution in [0.2, 0.25) is 0 Å². The third kappa shape index (κ3) is 9.12. The van der Waals surface area contributed by atoms with Crippen LogP contribution in [-0.4, -0.2) is 62.3 Å². The number of aliphatic hydroxyl groups excluding tert-OH is 1. The van der Waals surface area contributed by atoms with Crippen LogP contribution in [-0.2, 0) is 27.4 Å². The van der Waals surface area contributed by atoms with E-state index in [1.807, 2.05) is 31.2 Å². The number of hydrogen-bond donors (Lipinski definition) is 2. The third-order valence-electron chi connectivity index (χ3n) is 5.14. The van der Waals surface area contributed by atoms with Gasteiger partial charge in [0.05, 0.1) is 26.0 Å². The van der Waals surface area contributed by atoms with E-state index in [0.29, 0.717) is 19.6 Å². The van der Waals surface area contributed by atoms with E-state index in [4.69, 9.17) is 14.2 Å². The molecule has 1 heterocycles. The summed E-state index contributed by atoms with van der Waals surface area (Å²) in [4.78, 5) is 12.8. The lowest BCUT2D eigenvalue weighted by Gasteiger charge is -2.23. The molecule has 7 heteroatoms. The van der Waals surface area contributed by atoms with Crippen LogP contribution in [0, 0.1) is 0 Å². The topological polar surface area (TPSA) is 74.4 Å². The lowest BCUT2D eigenvalue weighted by molar-refractivity contribution is -0.917. The molecule has 0 fully saturated rings. The molecule has 0 bridgehead atoms. The summed E-state index contributed by atoms with van der Waals surface area (Å²) in [6, 6.07) is 12.2. The van der Waals surface area contributed by atoms with Crippen LogP contribution in [0.15, 0.2) is 42.6 Å². The van der Waals surface area contributed by atoms with E-state index in [1.54, 1.807) is 14.2 Å². The zero-order valence-electron chi connectivity index (χ0n) is 19.0. The van der Waals surface area contributed by atoms with Crippen molar-refractivity contribution in [1.29, 1.82) is 0 Å². The van der Waals surface area contributed by atoms with Crippen LogP contribution < -0.4 is 9.64 Å². The summed E-state index contributed by atoms with van der Waals surface area (Å²) in [5.41, 5.74) is 2.35. The van der Waals surface area contributed by atoms with Crippen molar-refractivity contribution in [2.45, 2.75) is 45.4 Å². The lowest BCUT2D eigenvalue weighted by Crippen LogP contribution is -3.12. The molecule has 1 aromatic carbocycles. The van der Waals surface area contributed by atoms with E-state index in [1.165, 1.54) is 16.2 Å². The van der Waals surface area contributed by atoms with Gasteiger partial charge in [-0.1, -0.05) is 19.1 Å². The summed E-state index contributed by atoms with van der Waals surface area (Å²) >= 11 is 0.